The van der Waals surface area contributed by atoms with Crippen molar-refractivity contribution in [1.82, 2.24) is 10.2 Å². The van der Waals surface area contributed by atoms with Crippen molar-refractivity contribution in [1.29, 1.82) is 0 Å². The van der Waals surface area contributed by atoms with Crippen molar-refractivity contribution in [2.45, 2.75) is 90.2 Å². The summed E-state index contributed by atoms with van der Waals surface area (Å²) in [5.41, 5.74) is 5.01. The second-order valence-corrected chi connectivity index (χ2v) is 13.3. The van der Waals surface area contributed by atoms with Crippen molar-refractivity contribution < 1.29 is 18.0 Å². The van der Waals surface area contributed by atoms with E-state index in [0.29, 0.717) is 12.1 Å². The Morgan fingerprint density at radius 2 is 1.57 bits per heavy atom. The molecule has 0 aromatic heterocycles. The van der Waals surface area contributed by atoms with Gasteiger partial charge >= 0.3 is 0 Å². The number of hydrogen-bond acceptors (Lipinski definition) is 4. The van der Waals surface area contributed by atoms with Crippen molar-refractivity contribution in [3.8, 4) is 0 Å². The largest absolute Gasteiger partial charge is 0.352 e. The van der Waals surface area contributed by atoms with Crippen LogP contribution in [-0.4, -0.2) is 43.8 Å². The summed E-state index contributed by atoms with van der Waals surface area (Å²) < 4.78 is 29.5. The van der Waals surface area contributed by atoms with Crippen molar-refractivity contribution in [2.75, 3.05) is 10.8 Å². The molecule has 0 saturated heterocycles. The molecule has 3 aromatic carbocycles. The van der Waals surface area contributed by atoms with Crippen LogP contribution in [0.5, 0.6) is 0 Å². The van der Waals surface area contributed by atoms with Gasteiger partial charge in [0.05, 0.1) is 10.6 Å². The molecule has 3 aromatic rings. The number of carbonyl (C=O) groups is 2. The molecule has 1 saturated carbocycles. The summed E-state index contributed by atoms with van der Waals surface area (Å²) in [5.74, 6) is -0.619. The van der Waals surface area contributed by atoms with Gasteiger partial charge in [-0.3, -0.25) is 13.9 Å². The van der Waals surface area contributed by atoms with E-state index >= 15 is 0 Å². The first kappa shape index (κ1) is 31.3. The minimum atomic E-state index is -4.10. The first-order chi connectivity index (χ1) is 20.0. The van der Waals surface area contributed by atoms with E-state index in [4.69, 9.17) is 0 Å². The first-order valence-electron chi connectivity index (χ1n) is 14.8. The number of amides is 2. The highest BCUT2D eigenvalue weighted by atomic mass is 32.2. The highest BCUT2D eigenvalue weighted by Crippen LogP contribution is 2.29. The Hall–Kier alpha value is -3.65. The zero-order valence-corrected chi connectivity index (χ0v) is 26.2. The Morgan fingerprint density at radius 3 is 2.21 bits per heavy atom. The molecule has 0 aliphatic heterocycles. The van der Waals surface area contributed by atoms with Gasteiger partial charge < -0.3 is 10.2 Å². The Morgan fingerprint density at radius 1 is 0.905 bits per heavy atom. The molecule has 1 fully saturated rings. The van der Waals surface area contributed by atoms with E-state index in [1.807, 2.05) is 65.0 Å². The second-order valence-electron chi connectivity index (χ2n) is 11.5. The number of aryl methyl sites for hydroxylation is 3. The van der Waals surface area contributed by atoms with Crippen LogP contribution in [0.4, 0.5) is 5.69 Å². The highest BCUT2D eigenvalue weighted by Gasteiger charge is 2.35. The molecule has 0 spiro atoms. The molecular formula is C34H43N3O4S. The summed E-state index contributed by atoms with van der Waals surface area (Å²) in [4.78, 5) is 29.6. The lowest BCUT2D eigenvalue weighted by atomic mass is 10.1. The number of anilines is 1. The molecule has 1 aliphatic carbocycles. The van der Waals surface area contributed by atoms with E-state index in [-0.39, 0.29) is 23.4 Å². The van der Waals surface area contributed by atoms with Crippen molar-refractivity contribution in [3.63, 3.8) is 0 Å². The van der Waals surface area contributed by atoms with Crippen LogP contribution in [0.2, 0.25) is 0 Å². The van der Waals surface area contributed by atoms with E-state index in [1.54, 1.807) is 41.3 Å². The predicted octanol–water partition coefficient (Wildman–Crippen LogP) is 5.98. The summed E-state index contributed by atoms with van der Waals surface area (Å²) in [6, 6.07) is 19.3. The van der Waals surface area contributed by atoms with Crippen LogP contribution >= 0.6 is 0 Å². The molecule has 224 valence electrons. The maximum Gasteiger partial charge on any atom is 0.264 e. The predicted molar refractivity (Wildman–Crippen MR) is 168 cm³/mol. The summed E-state index contributed by atoms with van der Waals surface area (Å²) in [6.45, 7) is 9.31. The maximum atomic E-state index is 14.3. The summed E-state index contributed by atoms with van der Waals surface area (Å²) in [7, 11) is -4.10. The van der Waals surface area contributed by atoms with E-state index in [0.717, 1.165) is 53.5 Å². The average Bonchev–Trinajstić information content (AvgIpc) is 3.46. The number of rotatable bonds is 11. The van der Waals surface area contributed by atoms with Gasteiger partial charge in [0, 0.05) is 12.6 Å². The third-order valence-electron chi connectivity index (χ3n) is 8.26. The molecule has 7 nitrogen and oxygen atoms in total. The molecule has 0 radical (unpaired) electrons. The lowest BCUT2D eigenvalue weighted by Crippen LogP contribution is -2.53. The summed E-state index contributed by atoms with van der Waals surface area (Å²) in [5, 5.41) is 3.16. The van der Waals surface area contributed by atoms with Gasteiger partial charge in [-0.15, -0.1) is 0 Å². The topological polar surface area (TPSA) is 86.8 Å². The monoisotopic (exact) mass is 589 g/mol. The number of sulfonamides is 1. The Balaban J connectivity index is 1.75. The van der Waals surface area contributed by atoms with Gasteiger partial charge in [-0.05, 0) is 81.8 Å². The van der Waals surface area contributed by atoms with Crippen LogP contribution < -0.4 is 9.62 Å². The Bertz CT molecular complexity index is 1510. The van der Waals surface area contributed by atoms with Gasteiger partial charge in [0.2, 0.25) is 11.8 Å². The summed E-state index contributed by atoms with van der Waals surface area (Å²) >= 11 is 0. The lowest BCUT2D eigenvalue weighted by molar-refractivity contribution is -0.140. The van der Waals surface area contributed by atoms with Crippen LogP contribution in [0.25, 0.3) is 0 Å². The minimum Gasteiger partial charge on any atom is -0.352 e. The molecule has 1 N–H and O–H groups in total. The second kappa shape index (κ2) is 13.6. The van der Waals surface area contributed by atoms with Crippen molar-refractivity contribution in [3.05, 3.63) is 94.5 Å². The van der Waals surface area contributed by atoms with E-state index < -0.39 is 28.5 Å². The van der Waals surface area contributed by atoms with Gasteiger partial charge in [-0.25, -0.2) is 8.42 Å². The normalized spacial score (nSPS) is 14.4. The number of carbonyl (C=O) groups excluding carboxylic acids is 2. The molecule has 0 unspecified atom stereocenters. The maximum absolute atomic E-state index is 14.3. The molecule has 0 bridgehead atoms. The fourth-order valence-corrected chi connectivity index (χ4v) is 7.12. The molecule has 0 heterocycles. The van der Waals surface area contributed by atoms with Gasteiger partial charge in [0.25, 0.3) is 10.0 Å². The number of hydrogen-bond donors (Lipinski definition) is 1. The fraction of sp³-hybridized carbons (Fsp3) is 0.412. The number of benzene rings is 3. The van der Waals surface area contributed by atoms with Gasteiger partial charge in [0.1, 0.15) is 12.6 Å². The van der Waals surface area contributed by atoms with E-state index in [9.17, 15) is 18.0 Å². The Kier molecular flexibility index (Phi) is 10.1. The molecule has 1 aliphatic rings. The SMILES string of the molecule is CC[C@H](C(=O)NC1CCCC1)N(Cc1cccc(C)c1)C(=O)CN(c1cccc(C)c1C)S(=O)(=O)c1ccc(C)cc1. The van der Waals surface area contributed by atoms with Crippen molar-refractivity contribution >= 4 is 27.5 Å². The molecule has 4 rings (SSSR count). The smallest absolute Gasteiger partial charge is 0.264 e. The van der Waals surface area contributed by atoms with Gasteiger partial charge in [0.15, 0.2) is 0 Å². The molecule has 1 atom stereocenters. The molecule has 8 heteroatoms. The van der Waals surface area contributed by atoms with Crippen LogP contribution in [0.1, 0.15) is 66.8 Å². The van der Waals surface area contributed by atoms with Crippen LogP contribution in [0.3, 0.4) is 0 Å². The van der Waals surface area contributed by atoms with Gasteiger partial charge in [-0.1, -0.05) is 79.4 Å². The first-order valence-corrected chi connectivity index (χ1v) is 16.3. The average molecular weight is 590 g/mol. The van der Waals surface area contributed by atoms with E-state index in [1.165, 1.54) is 4.31 Å². The third-order valence-corrected chi connectivity index (χ3v) is 10.0. The third kappa shape index (κ3) is 7.21. The van der Waals surface area contributed by atoms with Crippen LogP contribution in [-0.2, 0) is 26.2 Å². The number of nitrogens with zero attached hydrogens (tertiary/aromatic N) is 2. The molecular weight excluding hydrogens is 546 g/mol. The zero-order chi connectivity index (χ0) is 30.4. The van der Waals surface area contributed by atoms with Gasteiger partial charge in [-0.2, -0.15) is 0 Å². The fourth-order valence-electron chi connectivity index (χ4n) is 5.65. The minimum absolute atomic E-state index is 0.107. The quantitative estimate of drug-likeness (QED) is 0.298. The van der Waals surface area contributed by atoms with Crippen LogP contribution in [0.15, 0.2) is 71.6 Å². The Labute approximate surface area is 251 Å². The standard InChI is InChI=1S/C34H43N3O4S/c1-6-31(34(39)35-29-14-7-8-15-29)36(22-28-13-9-11-25(3)21-28)33(38)23-37(32-16-10-12-26(4)27(32)5)42(40,41)30-19-17-24(2)18-20-30/h9-13,16-21,29,31H,6-8,14-15,22-23H2,1-5H3,(H,35,39)/t31-/m1/s1. The highest BCUT2D eigenvalue weighted by molar-refractivity contribution is 7.92. The molecule has 2 amide bonds. The van der Waals surface area contributed by atoms with E-state index in [2.05, 4.69) is 5.32 Å². The molecule has 42 heavy (non-hydrogen) atoms. The van der Waals surface area contributed by atoms with Crippen molar-refractivity contribution in [2.24, 2.45) is 0 Å². The summed E-state index contributed by atoms with van der Waals surface area (Å²) in [6.07, 6.45) is 4.43. The zero-order valence-electron chi connectivity index (χ0n) is 25.4. The lowest BCUT2D eigenvalue weighted by Gasteiger charge is -2.34. The van der Waals surface area contributed by atoms with Crippen LogP contribution in [0, 0.1) is 27.7 Å². The number of nitrogens with one attached hydrogen (secondary N) is 1.